The van der Waals surface area contributed by atoms with E-state index in [4.69, 9.17) is 11.6 Å². The number of nitrogens with zero attached hydrogens (tertiary/aromatic N) is 3. The molecule has 4 heteroatoms. The van der Waals surface area contributed by atoms with Gasteiger partial charge < -0.3 is 4.90 Å². The van der Waals surface area contributed by atoms with Crippen molar-refractivity contribution in [2.24, 2.45) is 0 Å². The molecule has 3 rings (SSSR count). The van der Waals surface area contributed by atoms with Gasteiger partial charge >= 0.3 is 0 Å². The van der Waals surface area contributed by atoms with Crippen molar-refractivity contribution < 1.29 is 0 Å². The van der Waals surface area contributed by atoms with Gasteiger partial charge in [-0.2, -0.15) is 0 Å². The lowest BCUT2D eigenvalue weighted by Crippen LogP contribution is -2.46. The molecule has 2 aromatic rings. The molecule has 1 saturated heterocycles. The van der Waals surface area contributed by atoms with Crippen molar-refractivity contribution in [1.29, 1.82) is 0 Å². The second-order valence-corrected chi connectivity index (χ2v) is 5.99. The molecule has 1 aromatic carbocycles. The van der Waals surface area contributed by atoms with Crippen LogP contribution < -0.4 is 4.90 Å². The number of benzene rings is 1. The summed E-state index contributed by atoms with van der Waals surface area (Å²) in [7, 11) is 0. The van der Waals surface area contributed by atoms with Crippen molar-refractivity contribution in [3.8, 4) is 0 Å². The lowest BCUT2D eigenvalue weighted by molar-refractivity contribution is 0.249. The second kappa shape index (κ2) is 6.46. The normalized spacial score (nSPS) is 16.2. The molecule has 21 heavy (non-hydrogen) atoms. The molecule has 0 spiro atoms. The van der Waals surface area contributed by atoms with E-state index in [1.54, 1.807) is 0 Å². The second-order valence-electron chi connectivity index (χ2n) is 5.55. The van der Waals surface area contributed by atoms with Gasteiger partial charge in [0.05, 0.1) is 0 Å². The van der Waals surface area contributed by atoms with Crippen molar-refractivity contribution in [2.45, 2.75) is 13.5 Å². The van der Waals surface area contributed by atoms with Crippen LogP contribution in [-0.2, 0) is 6.54 Å². The van der Waals surface area contributed by atoms with Crippen LogP contribution in [0.4, 0.5) is 5.69 Å². The third-order valence-electron chi connectivity index (χ3n) is 4.04. The minimum Gasteiger partial charge on any atom is -0.369 e. The molecule has 0 radical (unpaired) electrons. The molecule has 2 heterocycles. The van der Waals surface area contributed by atoms with Crippen LogP contribution >= 0.6 is 11.6 Å². The number of aromatic nitrogens is 1. The highest BCUT2D eigenvalue weighted by molar-refractivity contribution is 6.30. The number of anilines is 1. The zero-order valence-corrected chi connectivity index (χ0v) is 13.1. The minimum atomic E-state index is 0.815. The van der Waals surface area contributed by atoms with Crippen molar-refractivity contribution in [2.75, 3.05) is 31.1 Å². The van der Waals surface area contributed by atoms with Crippen LogP contribution in [0.3, 0.4) is 0 Å². The molecule has 0 aliphatic carbocycles. The number of halogens is 1. The third kappa shape index (κ3) is 3.55. The first-order valence-corrected chi connectivity index (χ1v) is 7.72. The standard InChI is InChI=1S/C17H20ClN3/c1-14-2-3-16(18)12-17(14)21-10-8-20(9-11-21)13-15-4-6-19-7-5-15/h2-7,12H,8-11,13H2,1H3. The first kappa shape index (κ1) is 14.4. The monoisotopic (exact) mass is 301 g/mol. The summed E-state index contributed by atoms with van der Waals surface area (Å²) in [6.45, 7) is 7.40. The maximum Gasteiger partial charge on any atom is 0.0426 e. The summed E-state index contributed by atoms with van der Waals surface area (Å²) in [6.07, 6.45) is 3.72. The van der Waals surface area contributed by atoms with Crippen molar-refractivity contribution >= 4 is 17.3 Å². The van der Waals surface area contributed by atoms with E-state index in [-0.39, 0.29) is 0 Å². The van der Waals surface area contributed by atoms with E-state index in [0.717, 1.165) is 37.7 Å². The highest BCUT2D eigenvalue weighted by atomic mass is 35.5. The first-order valence-electron chi connectivity index (χ1n) is 7.35. The molecular formula is C17H20ClN3. The summed E-state index contributed by atoms with van der Waals surface area (Å²) >= 11 is 6.13. The quantitative estimate of drug-likeness (QED) is 0.866. The Bertz CT molecular complexity index is 592. The smallest absolute Gasteiger partial charge is 0.0426 e. The number of hydrogen-bond donors (Lipinski definition) is 0. The van der Waals surface area contributed by atoms with E-state index in [0.29, 0.717) is 0 Å². The van der Waals surface area contributed by atoms with Gasteiger partial charge in [0.15, 0.2) is 0 Å². The Morgan fingerprint density at radius 1 is 1.05 bits per heavy atom. The minimum absolute atomic E-state index is 0.815. The lowest BCUT2D eigenvalue weighted by Gasteiger charge is -2.36. The van der Waals surface area contributed by atoms with Crippen LogP contribution in [0, 0.1) is 6.92 Å². The van der Waals surface area contributed by atoms with Gasteiger partial charge in [-0.1, -0.05) is 17.7 Å². The summed E-state index contributed by atoms with van der Waals surface area (Å²) in [5.74, 6) is 0. The Morgan fingerprint density at radius 3 is 2.48 bits per heavy atom. The zero-order valence-electron chi connectivity index (χ0n) is 12.3. The highest BCUT2D eigenvalue weighted by Crippen LogP contribution is 2.25. The SMILES string of the molecule is Cc1ccc(Cl)cc1N1CCN(Cc2ccncc2)CC1. The first-order chi connectivity index (χ1) is 10.2. The van der Waals surface area contributed by atoms with E-state index in [9.17, 15) is 0 Å². The summed E-state index contributed by atoms with van der Waals surface area (Å²) < 4.78 is 0. The average molecular weight is 302 g/mol. The van der Waals surface area contributed by atoms with Crippen LogP contribution in [-0.4, -0.2) is 36.1 Å². The van der Waals surface area contributed by atoms with Gasteiger partial charge in [-0.3, -0.25) is 9.88 Å². The van der Waals surface area contributed by atoms with E-state index < -0.39 is 0 Å². The molecule has 110 valence electrons. The van der Waals surface area contributed by atoms with Crippen LogP contribution in [0.5, 0.6) is 0 Å². The number of hydrogen-bond acceptors (Lipinski definition) is 3. The Kier molecular flexibility index (Phi) is 4.42. The maximum absolute atomic E-state index is 6.13. The molecule has 1 aliphatic rings. The highest BCUT2D eigenvalue weighted by Gasteiger charge is 2.18. The summed E-state index contributed by atoms with van der Waals surface area (Å²) in [5.41, 5.74) is 3.89. The molecule has 1 aromatic heterocycles. The Labute approximate surface area is 131 Å². The van der Waals surface area contributed by atoms with E-state index in [1.807, 2.05) is 18.5 Å². The fourth-order valence-electron chi connectivity index (χ4n) is 2.82. The molecule has 0 amide bonds. The van der Waals surface area contributed by atoms with Crippen LogP contribution in [0.25, 0.3) is 0 Å². The summed E-state index contributed by atoms with van der Waals surface area (Å²) in [4.78, 5) is 9.00. The van der Waals surface area contributed by atoms with Gasteiger partial charge in [-0.15, -0.1) is 0 Å². The topological polar surface area (TPSA) is 19.4 Å². The fraction of sp³-hybridized carbons (Fsp3) is 0.353. The number of pyridine rings is 1. The molecule has 0 saturated carbocycles. The van der Waals surface area contributed by atoms with Crippen LogP contribution in [0.15, 0.2) is 42.7 Å². The molecule has 0 unspecified atom stereocenters. The van der Waals surface area contributed by atoms with Gasteiger partial charge in [0.1, 0.15) is 0 Å². The van der Waals surface area contributed by atoms with Gasteiger partial charge in [-0.05, 0) is 42.3 Å². The number of piperazine rings is 1. The molecule has 1 aliphatic heterocycles. The lowest BCUT2D eigenvalue weighted by atomic mass is 10.1. The summed E-state index contributed by atoms with van der Waals surface area (Å²) in [6, 6.07) is 10.3. The number of aryl methyl sites for hydroxylation is 1. The summed E-state index contributed by atoms with van der Waals surface area (Å²) in [5, 5.41) is 0.815. The van der Waals surface area contributed by atoms with E-state index in [1.165, 1.54) is 16.8 Å². The Hall–Kier alpha value is -1.58. The fourth-order valence-corrected chi connectivity index (χ4v) is 2.98. The predicted molar refractivity (Wildman–Crippen MR) is 87.9 cm³/mol. The molecule has 1 fully saturated rings. The van der Waals surface area contributed by atoms with Gasteiger partial charge in [0.25, 0.3) is 0 Å². The maximum atomic E-state index is 6.13. The Balaban J connectivity index is 1.61. The van der Waals surface area contributed by atoms with Gasteiger partial charge in [0, 0.05) is 55.8 Å². The zero-order chi connectivity index (χ0) is 14.7. The van der Waals surface area contributed by atoms with Crippen LogP contribution in [0.1, 0.15) is 11.1 Å². The Morgan fingerprint density at radius 2 is 1.76 bits per heavy atom. The molecule has 0 bridgehead atoms. The van der Waals surface area contributed by atoms with Crippen LogP contribution in [0.2, 0.25) is 5.02 Å². The predicted octanol–water partition coefficient (Wildman–Crippen LogP) is 3.37. The van der Waals surface area contributed by atoms with Gasteiger partial charge in [0.2, 0.25) is 0 Å². The molecule has 0 atom stereocenters. The van der Waals surface area contributed by atoms with E-state index >= 15 is 0 Å². The molecular weight excluding hydrogens is 282 g/mol. The molecule has 3 nitrogen and oxygen atoms in total. The van der Waals surface area contributed by atoms with Gasteiger partial charge in [-0.25, -0.2) is 0 Å². The average Bonchev–Trinajstić information content (AvgIpc) is 2.52. The van der Waals surface area contributed by atoms with Crippen molar-refractivity contribution in [1.82, 2.24) is 9.88 Å². The third-order valence-corrected chi connectivity index (χ3v) is 4.27. The largest absolute Gasteiger partial charge is 0.369 e. The van der Waals surface area contributed by atoms with E-state index in [2.05, 4.69) is 46.0 Å². The number of rotatable bonds is 3. The van der Waals surface area contributed by atoms with Crippen molar-refractivity contribution in [3.63, 3.8) is 0 Å². The van der Waals surface area contributed by atoms with Crippen molar-refractivity contribution in [3.05, 3.63) is 58.9 Å². The molecule has 0 N–H and O–H groups in total.